The number of nitrogens with zero attached hydrogens (tertiary/aromatic N) is 5. The molecule has 2 rings (SSSR count). The summed E-state index contributed by atoms with van der Waals surface area (Å²) in [7, 11) is 0. The fourth-order valence-corrected chi connectivity index (χ4v) is 2.11. The van der Waals surface area contributed by atoms with Crippen LogP contribution in [0.25, 0.3) is 0 Å². The Labute approximate surface area is 102 Å². The van der Waals surface area contributed by atoms with E-state index in [1.54, 1.807) is 11.0 Å². The Morgan fingerprint density at radius 1 is 1.59 bits per heavy atom. The quantitative estimate of drug-likeness (QED) is 0.606. The predicted octanol–water partition coefficient (Wildman–Crippen LogP) is 0.325. The largest absolute Gasteiger partial charge is 0.370 e. The number of likely N-dealkylation sites (tertiary alicyclic amines) is 1. The first-order valence-corrected chi connectivity index (χ1v) is 6.13. The zero-order chi connectivity index (χ0) is 12.1. The van der Waals surface area contributed by atoms with Gasteiger partial charge in [-0.05, 0) is 18.8 Å². The number of guanidine groups is 1. The first-order chi connectivity index (χ1) is 8.25. The second kappa shape index (κ2) is 5.65. The van der Waals surface area contributed by atoms with E-state index in [1.165, 1.54) is 19.2 Å². The molecule has 1 aliphatic rings. The van der Waals surface area contributed by atoms with E-state index >= 15 is 0 Å². The zero-order valence-electron chi connectivity index (χ0n) is 10.3. The summed E-state index contributed by atoms with van der Waals surface area (Å²) in [6, 6.07) is 0. The second-order valence-electron chi connectivity index (χ2n) is 4.59. The summed E-state index contributed by atoms with van der Waals surface area (Å²) in [6.45, 7) is 5.70. The molecule has 0 aliphatic carbocycles. The highest BCUT2D eigenvalue weighted by Crippen LogP contribution is 2.14. The van der Waals surface area contributed by atoms with Crippen LogP contribution in [0.3, 0.4) is 0 Å². The molecule has 0 amide bonds. The lowest BCUT2D eigenvalue weighted by Crippen LogP contribution is -2.43. The molecule has 1 aromatic rings. The Hall–Kier alpha value is -1.59. The third kappa shape index (κ3) is 3.44. The molecule has 0 bridgehead atoms. The van der Waals surface area contributed by atoms with Gasteiger partial charge >= 0.3 is 0 Å². The molecule has 94 valence electrons. The van der Waals surface area contributed by atoms with Crippen molar-refractivity contribution < 1.29 is 0 Å². The highest BCUT2D eigenvalue weighted by molar-refractivity contribution is 5.78. The Morgan fingerprint density at radius 2 is 2.47 bits per heavy atom. The Bertz CT molecular complexity index is 358. The minimum atomic E-state index is 0.653. The van der Waals surface area contributed by atoms with Crippen molar-refractivity contribution in [2.75, 3.05) is 19.6 Å². The van der Waals surface area contributed by atoms with E-state index in [-0.39, 0.29) is 0 Å². The van der Waals surface area contributed by atoms with E-state index in [4.69, 9.17) is 5.73 Å². The van der Waals surface area contributed by atoms with E-state index in [9.17, 15) is 0 Å². The van der Waals surface area contributed by atoms with Gasteiger partial charge in [-0.3, -0.25) is 9.67 Å². The van der Waals surface area contributed by atoms with Gasteiger partial charge in [0.15, 0.2) is 5.96 Å². The van der Waals surface area contributed by atoms with Crippen molar-refractivity contribution in [3.63, 3.8) is 0 Å². The van der Waals surface area contributed by atoms with E-state index in [0.717, 1.165) is 19.6 Å². The zero-order valence-corrected chi connectivity index (χ0v) is 10.3. The van der Waals surface area contributed by atoms with Crippen LogP contribution in [-0.2, 0) is 6.54 Å². The number of rotatable bonds is 3. The van der Waals surface area contributed by atoms with Crippen LogP contribution in [0.2, 0.25) is 0 Å². The van der Waals surface area contributed by atoms with Gasteiger partial charge in [-0.1, -0.05) is 6.92 Å². The SMILES string of the molecule is CC1CCCN(C(N)=NCCn2cncn2)C1. The number of aromatic nitrogens is 3. The van der Waals surface area contributed by atoms with E-state index in [1.807, 2.05) is 0 Å². The lowest BCUT2D eigenvalue weighted by Gasteiger charge is -2.31. The Kier molecular flexibility index (Phi) is 3.95. The summed E-state index contributed by atoms with van der Waals surface area (Å²) in [5, 5.41) is 4.02. The smallest absolute Gasteiger partial charge is 0.191 e. The van der Waals surface area contributed by atoms with E-state index in [2.05, 4.69) is 26.9 Å². The molecule has 1 aromatic heterocycles. The van der Waals surface area contributed by atoms with Gasteiger partial charge in [-0.15, -0.1) is 0 Å². The monoisotopic (exact) mass is 236 g/mol. The minimum Gasteiger partial charge on any atom is -0.370 e. The van der Waals surface area contributed by atoms with Gasteiger partial charge in [0, 0.05) is 13.1 Å². The van der Waals surface area contributed by atoms with Crippen LogP contribution in [0.4, 0.5) is 0 Å². The average Bonchev–Trinajstić information content (AvgIpc) is 2.82. The van der Waals surface area contributed by atoms with Gasteiger partial charge in [0.25, 0.3) is 0 Å². The summed E-state index contributed by atoms with van der Waals surface area (Å²) in [4.78, 5) is 10.4. The summed E-state index contributed by atoms with van der Waals surface area (Å²) in [5.74, 6) is 1.38. The number of piperidine rings is 1. The number of hydrogen-bond acceptors (Lipinski definition) is 3. The molecule has 2 heterocycles. The summed E-state index contributed by atoms with van der Waals surface area (Å²) >= 11 is 0. The normalized spacial score (nSPS) is 21.8. The molecule has 1 atom stereocenters. The standard InChI is InChI=1S/C11H20N6/c1-10-3-2-5-16(7-10)11(12)14-4-6-17-9-13-8-15-17/h8-10H,2-7H2,1H3,(H2,12,14). The van der Waals surface area contributed by atoms with Gasteiger partial charge in [0.05, 0.1) is 13.1 Å². The molecule has 6 heteroatoms. The maximum atomic E-state index is 5.98. The number of aliphatic imine (C=N–C) groups is 1. The maximum Gasteiger partial charge on any atom is 0.191 e. The fraction of sp³-hybridized carbons (Fsp3) is 0.727. The van der Waals surface area contributed by atoms with Crippen LogP contribution < -0.4 is 5.73 Å². The fourth-order valence-electron chi connectivity index (χ4n) is 2.11. The number of nitrogens with two attached hydrogens (primary N) is 1. The molecule has 0 spiro atoms. The summed E-state index contributed by atoms with van der Waals surface area (Å²) in [6.07, 6.45) is 5.72. The van der Waals surface area contributed by atoms with Crippen molar-refractivity contribution in [2.24, 2.45) is 16.6 Å². The van der Waals surface area contributed by atoms with Crippen molar-refractivity contribution in [1.82, 2.24) is 19.7 Å². The second-order valence-corrected chi connectivity index (χ2v) is 4.59. The van der Waals surface area contributed by atoms with Gasteiger partial charge in [0.1, 0.15) is 12.7 Å². The first kappa shape index (κ1) is 11.9. The molecule has 6 nitrogen and oxygen atoms in total. The van der Waals surface area contributed by atoms with Gasteiger partial charge in [0.2, 0.25) is 0 Å². The predicted molar refractivity (Wildman–Crippen MR) is 66.5 cm³/mol. The molecule has 1 aliphatic heterocycles. The third-order valence-corrected chi connectivity index (χ3v) is 3.05. The summed E-state index contributed by atoms with van der Waals surface area (Å²) in [5.41, 5.74) is 5.98. The molecule has 0 radical (unpaired) electrons. The van der Waals surface area contributed by atoms with Crippen LogP contribution in [-0.4, -0.2) is 45.3 Å². The number of hydrogen-bond donors (Lipinski definition) is 1. The van der Waals surface area contributed by atoms with Crippen molar-refractivity contribution >= 4 is 5.96 Å². The highest BCUT2D eigenvalue weighted by atomic mass is 15.3. The lowest BCUT2D eigenvalue weighted by atomic mass is 10.0. The molecule has 1 saturated heterocycles. The topological polar surface area (TPSA) is 72.3 Å². The molecule has 1 unspecified atom stereocenters. The van der Waals surface area contributed by atoms with Crippen LogP contribution in [0, 0.1) is 5.92 Å². The maximum absolute atomic E-state index is 5.98. The molecule has 0 aromatic carbocycles. The molecule has 17 heavy (non-hydrogen) atoms. The van der Waals surface area contributed by atoms with Gasteiger partial charge in [-0.25, -0.2) is 4.98 Å². The highest BCUT2D eigenvalue weighted by Gasteiger charge is 2.17. The van der Waals surface area contributed by atoms with Crippen LogP contribution in [0.5, 0.6) is 0 Å². The molecule has 2 N–H and O–H groups in total. The average molecular weight is 236 g/mol. The summed E-state index contributed by atoms with van der Waals surface area (Å²) < 4.78 is 1.76. The van der Waals surface area contributed by atoms with Crippen molar-refractivity contribution in [2.45, 2.75) is 26.3 Å². The van der Waals surface area contributed by atoms with Crippen molar-refractivity contribution in [3.05, 3.63) is 12.7 Å². The molecule has 0 saturated carbocycles. The molecule has 1 fully saturated rings. The molecular weight excluding hydrogens is 216 g/mol. The Morgan fingerprint density at radius 3 is 3.18 bits per heavy atom. The lowest BCUT2D eigenvalue weighted by molar-refractivity contribution is 0.270. The van der Waals surface area contributed by atoms with Crippen molar-refractivity contribution in [3.8, 4) is 0 Å². The minimum absolute atomic E-state index is 0.653. The molecular formula is C11H20N6. The van der Waals surface area contributed by atoms with Crippen LogP contribution >= 0.6 is 0 Å². The van der Waals surface area contributed by atoms with Gasteiger partial charge in [-0.2, -0.15) is 5.10 Å². The van der Waals surface area contributed by atoms with Gasteiger partial charge < -0.3 is 10.6 Å². The van der Waals surface area contributed by atoms with Crippen LogP contribution in [0.1, 0.15) is 19.8 Å². The van der Waals surface area contributed by atoms with E-state index < -0.39 is 0 Å². The third-order valence-electron chi connectivity index (χ3n) is 3.05. The van der Waals surface area contributed by atoms with Crippen molar-refractivity contribution in [1.29, 1.82) is 0 Å². The Balaban J connectivity index is 1.80. The van der Waals surface area contributed by atoms with Crippen LogP contribution in [0.15, 0.2) is 17.6 Å². The van der Waals surface area contributed by atoms with E-state index in [0.29, 0.717) is 18.4 Å². The first-order valence-electron chi connectivity index (χ1n) is 6.13.